The van der Waals surface area contributed by atoms with Gasteiger partial charge in [-0.25, -0.2) is 9.97 Å². The number of hydrogen-bond acceptors (Lipinski definition) is 7. The molecule has 0 bridgehead atoms. The molecule has 2 heterocycles. The molecule has 8 nitrogen and oxygen atoms in total. The molecule has 4 rings (SSSR count). The summed E-state index contributed by atoms with van der Waals surface area (Å²) < 4.78 is 0. The molecule has 1 amide bonds. The summed E-state index contributed by atoms with van der Waals surface area (Å²) in [7, 11) is 0. The van der Waals surface area contributed by atoms with Gasteiger partial charge in [0, 0.05) is 44.2 Å². The Hall–Kier alpha value is -2.84. The SMILES string of the molecule is O=CC1CCC(Nc2cc(C(=O)NCC(O)CN3CCc4ccccc4C3)ncn2)CC1. The van der Waals surface area contributed by atoms with Gasteiger partial charge in [0.15, 0.2) is 0 Å². The monoisotopic (exact) mass is 437 g/mol. The average molecular weight is 438 g/mol. The second-order valence-corrected chi connectivity index (χ2v) is 8.80. The van der Waals surface area contributed by atoms with E-state index in [0.717, 1.165) is 51.5 Å². The number of fused-ring (bicyclic) bond motifs is 1. The van der Waals surface area contributed by atoms with Crippen molar-refractivity contribution >= 4 is 18.0 Å². The highest BCUT2D eigenvalue weighted by molar-refractivity contribution is 5.92. The Bertz CT molecular complexity index is 929. The summed E-state index contributed by atoms with van der Waals surface area (Å²) in [6, 6.07) is 10.3. The zero-order valence-corrected chi connectivity index (χ0v) is 18.2. The lowest BCUT2D eigenvalue weighted by atomic mass is 9.87. The molecule has 32 heavy (non-hydrogen) atoms. The molecular formula is C24H31N5O3. The van der Waals surface area contributed by atoms with Crippen molar-refractivity contribution in [1.29, 1.82) is 0 Å². The van der Waals surface area contributed by atoms with Crippen molar-refractivity contribution in [3.63, 3.8) is 0 Å². The lowest BCUT2D eigenvalue weighted by Gasteiger charge is -2.30. The number of nitrogens with one attached hydrogen (secondary N) is 2. The molecule has 1 saturated carbocycles. The molecule has 0 saturated heterocycles. The van der Waals surface area contributed by atoms with Crippen LogP contribution in [0.2, 0.25) is 0 Å². The number of aliphatic hydroxyl groups is 1. The maximum absolute atomic E-state index is 12.5. The van der Waals surface area contributed by atoms with Gasteiger partial charge in [-0.05, 0) is 43.2 Å². The number of aldehydes is 1. The van der Waals surface area contributed by atoms with E-state index in [1.165, 1.54) is 17.5 Å². The summed E-state index contributed by atoms with van der Waals surface area (Å²) >= 11 is 0. The number of amides is 1. The third-order valence-electron chi connectivity index (χ3n) is 6.39. The molecule has 170 valence electrons. The first-order valence-electron chi connectivity index (χ1n) is 11.4. The number of aliphatic hydroxyl groups excluding tert-OH is 1. The number of carbonyl (C=O) groups excluding carboxylic acids is 2. The summed E-state index contributed by atoms with van der Waals surface area (Å²) in [5.41, 5.74) is 2.94. The molecule has 1 aromatic heterocycles. The van der Waals surface area contributed by atoms with E-state index in [4.69, 9.17) is 0 Å². The van der Waals surface area contributed by atoms with Gasteiger partial charge in [-0.3, -0.25) is 9.69 Å². The lowest BCUT2D eigenvalue weighted by Crippen LogP contribution is -2.42. The molecule has 3 N–H and O–H groups in total. The minimum absolute atomic E-state index is 0.158. The summed E-state index contributed by atoms with van der Waals surface area (Å²) in [5.74, 6) is 0.432. The molecule has 1 aromatic carbocycles. The van der Waals surface area contributed by atoms with Crippen molar-refractivity contribution in [3.05, 3.63) is 53.5 Å². The highest BCUT2D eigenvalue weighted by atomic mass is 16.3. The fraction of sp³-hybridized carbons (Fsp3) is 0.500. The smallest absolute Gasteiger partial charge is 0.270 e. The van der Waals surface area contributed by atoms with Gasteiger partial charge >= 0.3 is 0 Å². The first-order valence-corrected chi connectivity index (χ1v) is 11.4. The lowest BCUT2D eigenvalue weighted by molar-refractivity contribution is -0.111. The van der Waals surface area contributed by atoms with Gasteiger partial charge in [-0.1, -0.05) is 24.3 Å². The van der Waals surface area contributed by atoms with E-state index < -0.39 is 6.10 Å². The van der Waals surface area contributed by atoms with Crippen molar-refractivity contribution < 1.29 is 14.7 Å². The van der Waals surface area contributed by atoms with Crippen molar-refractivity contribution in [2.45, 2.75) is 50.8 Å². The number of rotatable bonds is 8. The summed E-state index contributed by atoms with van der Waals surface area (Å²) in [4.78, 5) is 34.0. The van der Waals surface area contributed by atoms with Crippen LogP contribution in [0.4, 0.5) is 5.82 Å². The summed E-state index contributed by atoms with van der Waals surface area (Å²) in [6.07, 6.45) is 6.29. The van der Waals surface area contributed by atoms with Crippen LogP contribution in [-0.2, 0) is 17.8 Å². The molecule has 1 aliphatic carbocycles. The van der Waals surface area contributed by atoms with Gasteiger partial charge in [0.1, 0.15) is 24.1 Å². The highest BCUT2D eigenvalue weighted by Gasteiger charge is 2.22. The zero-order chi connectivity index (χ0) is 22.3. The highest BCUT2D eigenvalue weighted by Crippen LogP contribution is 2.25. The zero-order valence-electron chi connectivity index (χ0n) is 18.2. The minimum Gasteiger partial charge on any atom is -0.390 e. The molecule has 2 aromatic rings. The van der Waals surface area contributed by atoms with Gasteiger partial charge in [0.25, 0.3) is 5.91 Å². The van der Waals surface area contributed by atoms with Crippen LogP contribution in [0.15, 0.2) is 36.7 Å². The van der Waals surface area contributed by atoms with Gasteiger partial charge in [-0.15, -0.1) is 0 Å². The normalized spacial score (nSPS) is 21.9. The van der Waals surface area contributed by atoms with E-state index in [0.29, 0.717) is 12.4 Å². The Balaban J connectivity index is 1.23. The first-order chi connectivity index (χ1) is 15.6. The van der Waals surface area contributed by atoms with Gasteiger partial charge in [0.2, 0.25) is 0 Å². The number of hydrogen-bond donors (Lipinski definition) is 3. The quantitative estimate of drug-likeness (QED) is 0.541. The summed E-state index contributed by atoms with van der Waals surface area (Å²) in [6.45, 7) is 2.39. The number of β-amino-alcohol motifs (C(OH)–C–C–N with tert-alkyl or cyclic N) is 1. The minimum atomic E-state index is -0.656. The standard InChI is InChI=1S/C24H31N5O3/c30-15-17-5-7-20(8-6-17)28-23-11-22(26-16-27-23)24(32)25-12-21(31)14-29-10-9-18-3-1-2-4-19(18)13-29/h1-4,11,15-17,20-21,31H,5-10,12-14H2,(H,25,32)(H,26,27,28). The number of aromatic nitrogens is 2. The molecule has 1 fully saturated rings. The summed E-state index contributed by atoms with van der Waals surface area (Å²) in [5, 5.41) is 16.6. The average Bonchev–Trinajstić information content (AvgIpc) is 2.83. The second-order valence-electron chi connectivity index (χ2n) is 8.80. The topological polar surface area (TPSA) is 107 Å². The van der Waals surface area contributed by atoms with Crippen LogP contribution in [-0.4, -0.2) is 63.9 Å². The number of carbonyl (C=O) groups is 2. The fourth-order valence-corrected chi connectivity index (χ4v) is 4.54. The molecular weight excluding hydrogens is 406 g/mol. The molecule has 8 heteroatoms. The number of benzene rings is 1. The van der Waals surface area contributed by atoms with Crippen LogP contribution in [0, 0.1) is 5.92 Å². The van der Waals surface area contributed by atoms with E-state index >= 15 is 0 Å². The van der Waals surface area contributed by atoms with Crippen molar-refractivity contribution in [2.75, 3.05) is 25.0 Å². The van der Waals surface area contributed by atoms with Crippen molar-refractivity contribution in [3.8, 4) is 0 Å². The van der Waals surface area contributed by atoms with Crippen LogP contribution < -0.4 is 10.6 Å². The van der Waals surface area contributed by atoms with E-state index in [-0.39, 0.29) is 30.1 Å². The number of nitrogens with zero attached hydrogens (tertiary/aromatic N) is 3. The van der Waals surface area contributed by atoms with Gasteiger partial charge in [-0.2, -0.15) is 0 Å². The maximum Gasteiger partial charge on any atom is 0.270 e. The Morgan fingerprint density at radius 2 is 1.97 bits per heavy atom. The second kappa shape index (κ2) is 10.7. The predicted molar refractivity (Wildman–Crippen MR) is 121 cm³/mol. The largest absolute Gasteiger partial charge is 0.390 e. The molecule has 0 spiro atoms. The third kappa shape index (κ3) is 5.89. The Morgan fingerprint density at radius 1 is 1.19 bits per heavy atom. The Labute approximate surface area is 188 Å². The van der Waals surface area contributed by atoms with Crippen LogP contribution in [0.5, 0.6) is 0 Å². The first kappa shape index (κ1) is 22.4. The van der Waals surface area contributed by atoms with Crippen molar-refractivity contribution in [2.24, 2.45) is 5.92 Å². The van der Waals surface area contributed by atoms with E-state index in [1.54, 1.807) is 6.07 Å². The van der Waals surface area contributed by atoms with E-state index in [9.17, 15) is 14.7 Å². The van der Waals surface area contributed by atoms with E-state index in [2.05, 4.69) is 43.7 Å². The van der Waals surface area contributed by atoms with E-state index in [1.807, 2.05) is 6.07 Å². The maximum atomic E-state index is 12.5. The molecule has 0 radical (unpaired) electrons. The third-order valence-corrected chi connectivity index (χ3v) is 6.39. The van der Waals surface area contributed by atoms with Crippen LogP contribution in [0.1, 0.15) is 47.3 Å². The predicted octanol–water partition coefficient (Wildman–Crippen LogP) is 1.80. The van der Waals surface area contributed by atoms with Crippen LogP contribution >= 0.6 is 0 Å². The van der Waals surface area contributed by atoms with Crippen molar-refractivity contribution in [1.82, 2.24) is 20.2 Å². The van der Waals surface area contributed by atoms with Crippen LogP contribution in [0.3, 0.4) is 0 Å². The Morgan fingerprint density at radius 3 is 2.75 bits per heavy atom. The fourth-order valence-electron chi connectivity index (χ4n) is 4.54. The molecule has 1 unspecified atom stereocenters. The van der Waals surface area contributed by atoms with Crippen LogP contribution in [0.25, 0.3) is 0 Å². The van der Waals surface area contributed by atoms with Gasteiger partial charge in [0.05, 0.1) is 6.10 Å². The van der Waals surface area contributed by atoms with Gasteiger partial charge < -0.3 is 20.5 Å². The Kier molecular flexibility index (Phi) is 7.44. The molecule has 2 aliphatic rings. The molecule has 1 atom stereocenters. The molecule has 1 aliphatic heterocycles. The number of anilines is 1.